The van der Waals surface area contributed by atoms with Gasteiger partial charge >= 0.3 is 0 Å². The van der Waals surface area contributed by atoms with Crippen LogP contribution in [0.2, 0.25) is 0 Å². The summed E-state index contributed by atoms with van der Waals surface area (Å²) in [6, 6.07) is 12.1. The van der Waals surface area contributed by atoms with Crippen LogP contribution in [0.15, 0.2) is 53.8 Å². The van der Waals surface area contributed by atoms with Crippen molar-refractivity contribution in [1.29, 1.82) is 0 Å². The van der Waals surface area contributed by atoms with Gasteiger partial charge in [0, 0.05) is 12.1 Å². The molecule has 1 heterocycles. The van der Waals surface area contributed by atoms with Crippen molar-refractivity contribution in [2.45, 2.75) is 46.1 Å². The second-order valence-electron chi connectivity index (χ2n) is 8.72. The molecule has 170 valence electrons. The van der Waals surface area contributed by atoms with Crippen molar-refractivity contribution in [3.63, 3.8) is 0 Å². The molecule has 0 radical (unpaired) electrons. The Labute approximate surface area is 189 Å². The van der Waals surface area contributed by atoms with Gasteiger partial charge in [-0.25, -0.2) is 0 Å². The molecular formula is C26H31NO5. The van der Waals surface area contributed by atoms with Crippen LogP contribution in [0.5, 0.6) is 11.5 Å². The average molecular weight is 438 g/mol. The van der Waals surface area contributed by atoms with Crippen molar-refractivity contribution >= 4 is 17.4 Å². The van der Waals surface area contributed by atoms with Gasteiger partial charge in [-0.15, -0.1) is 0 Å². The highest BCUT2D eigenvalue weighted by atomic mass is 16.5. The van der Waals surface area contributed by atoms with E-state index in [1.807, 2.05) is 38.1 Å². The van der Waals surface area contributed by atoms with Gasteiger partial charge in [0.2, 0.25) is 0 Å². The molecule has 1 atom stereocenters. The van der Waals surface area contributed by atoms with Crippen molar-refractivity contribution < 1.29 is 24.2 Å². The maximum atomic E-state index is 13.2. The molecule has 2 aromatic carbocycles. The zero-order valence-electron chi connectivity index (χ0n) is 19.5. The third-order valence-electron chi connectivity index (χ3n) is 5.66. The number of aliphatic hydroxyl groups is 1. The highest BCUT2D eigenvalue weighted by molar-refractivity contribution is 6.16. The van der Waals surface area contributed by atoms with E-state index in [9.17, 15) is 14.7 Å². The molecule has 0 saturated carbocycles. The molecule has 0 bridgehead atoms. The lowest BCUT2D eigenvalue weighted by Crippen LogP contribution is -2.31. The van der Waals surface area contributed by atoms with Gasteiger partial charge in [0.15, 0.2) is 23.0 Å². The van der Waals surface area contributed by atoms with Crippen molar-refractivity contribution in [2.24, 2.45) is 5.92 Å². The number of ether oxygens (including phenoxy) is 2. The summed E-state index contributed by atoms with van der Waals surface area (Å²) in [7, 11) is 3.07. The Bertz CT molecular complexity index is 1040. The van der Waals surface area contributed by atoms with Crippen LogP contribution in [0, 0.1) is 5.92 Å². The summed E-state index contributed by atoms with van der Waals surface area (Å²) in [4.78, 5) is 27.8. The Hall–Kier alpha value is -3.28. The molecule has 6 nitrogen and oxygen atoms in total. The number of methoxy groups -OCH3 is 2. The molecule has 32 heavy (non-hydrogen) atoms. The predicted molar refractivity (Wildman–Crippen MR) is 124 cm³/mol. The average Bonchev–Trinajstić information content (AvgIpc) is 3.03. The first-order valence-electron chi connectivity index (χ1n) is 10.8. The fraction of sp³-hybridized carbons (Fsp3) is 0.385. The fourth-order valence-corrected chi connectivity index (χ4v) is 4.00. The smallest absolute Gasteiger partial charge is 0.294 e. The van der Waals surface area contributed by atoms with E-state index in [0.717, 1.165) is 5.56 Å². The van der Waals surface area contributed by atoms with Crippen LogP contribution in [0.4, 0.5) is 5.69 Å². The van der Waals surface area contributed by atoms with Crippen molar-refractivity contribution in [3.8, 4) is 11.5 Å². The van der Waals surface area contributed by atoms with Gasteiger partial charge in [0.05, 0.1) is 25.8 Å². The van der Waals surface area contributed by atoms with E-state index in [4.69, 9.17) is 9.47 Å². The van der Waals surface area contributed by atoms with Crippen LogP contribution in [0.1, 0.15) is 57.2 Å². The number of hydrogen-bond donors (Lipinski definition) is 1. The topological polar surface area (TPSA) is 76.1 Å². The largest absolute Gasteiger partial charge is 0.503 e. The summed E-state index contributed by atoms with van der Waals surface area (Å²) >= 11 is 0. The third kappa shape index (κ3) is 4.35. The van der Waals surface area contributed by atoms with Gasteiger partial charge in [-0.05, 0) is 47.2 Å². The van der Waals surface area contributed by atoms with E-state index in [1.54, 1.807) is 25.3 Å². The highest BCUT2D eigenvalue weighted by Gasteiger charge is 2.44. The molecule has 0 aliphatic carbocycles. The molecule has 1 unspecified atom stereocenters. The summed E-state index contributed by atoms with van der Waals surface area (Å²) in [6.45, 7) is 8.05. The van der Waals surface area contributed by atoms with Crippen LogP contribution in [0.25, 0.3) is 0 Å². The number of hydrogen-bond acceptors (Lipinski definition) is 5. The lowest BCUT2D eigenvalue weighted by Gasteiger charge is -2.28. The molecule has 2 aromatic rings. The number of carbonyl (C=O) groups excluding carboxylic acids is 2. The number of carbonyl (C=O) groups is 2. The normalized spacial score (nSPS) is 16.3. The number of nitrogens with zero attached hydrogens (tertiary/aromatic N) is 1. The minimum atomic E-state index is -0.765. The van der Waals surface area contributed by atoms with Crippen LogP contribution >= 0.6 is 0 Å². The summed E-state index contributed by atoms with van der Waals surface area (Å²) < 4.78 is 10.8. The standard InChI is InChI=1S/C26H31NO5/c1-15(2)13-20(28)23-24(18-9-12-21(31-5)22(14-18)32-6)27(26(30)25(23)29)19-10-7-17(8-11-19)16(3)4/h7-12,14-16,24,29H,13H2,1-6H3. The number of aliphatic hydroxyl groups excluding tert-OH is 1. The molecular weight excluding hydrogens is 406 g/mol. The number of anilines is 1. The maximum absolute atomic E-state index is 13.2. The summed E-state index contributed by atoms with van der Waals surface area (Å²) in [5.41, 5.74) is 2.51. The Morgan fingerprint density at radius 3 is 2.16 bits per heavy atom. The first-order chi connectivity index (χ1) is 15.2. The SMILES string of the molecule is COc1ccc(C2C(C(=O)CC(C)C)=C(O)C(=O)N2c2ccc(C(C)C)cc2)cc1OC. The number of ketones is 1. The number of benzene rings is 2. The highest BCUT2D eigenvalue weighted by Crippen LogP contribution is 2.43. The molecule has 0 spiro atoms. The van der Waals surface area contributed by atoms with Crippen LogP contribution in [-0.2, 0) is 9.59 Å². The molecule has 6 heteroatoms. The Balaban J connectivity index is 2.16. The molecule has 1 amide bonds. The summed E-state index contributed by atoms with van der Waals surface area (Å²) in [5.74, 6) is 0.119. The van der Waals surface area contributed by atoms with Gasteiger partial charge < -0.3 is 14.6 Å². The Morgan fingerprint density at radius 1 is 1.00 bits per heavy atom. The van der Waals surface area contributed by atoms with Crippen LogP contribution in [-0.4, -0.2) is 31.0 Å². The number of rotatable bonds is 8. The van der Waals surface area contributed by atoms with E-state index in [0.29, 0.717) is 28.7 Å². The summed E-state index contributed by atoms with van der Waals surface area (Å²) in [6.07, 6.45) is 0.233. The molecule has 0 saturated heterocycles. The number of amides is 1. The maximum Gasteiger partial charge on any atom is 0.294 e. The van der Waals surface area contributed by atoms with E-state index >= 15 is 0 Å². The first kappa shape index (κ1) is 23.4. The molecule has 1 aliphatic rings. The van der Waals surface area contributed by atoms with Gasteiger partial charge in [0.25, 0.3) is 5.91 Å². The van der Waals surface area contributed by atoms with Crippen molar-refractivity contribution in [1.82, 2.24) is 0 Å². The van der Waals surface area contributed by atoms with Gasteiger partial charge in [-0.1, -0.05) is 45.9 Å². The summed E-state index contributed by atoms with van der Waals surface area (Å²) in [5, 5.41) is 10.8. The Kier molecular flexibility index (Phi) is 6.92. The zero-order chi connectivity index (χ0) is 23.6. The molecule has 3 rings (SSSR count). The Morgan fingerprint density at radius 2 is 1.62 bits per heavy atom. The quantitative estimate of drug-likeness (QED) is 0.603. The van der Waals surface area contributed by atoms with Gasteiger partial charge in [0.1, 0.15) is 0 Å². The van der Waals surface area contributed by atoms with Crippen LogP contribution in [0.3, 0.4) is 0 Å². The first-order valence-corrected chi connectivity index (χ1v) is 10.8. The number of Topliss-reactive ketones (excluding diaryl/α,β-unsaturated/α-hetero) is 1. The third-order valence-corrected chi connectivity index (χ3v) is 5.66. The van der Waals surface area contributed by atoms with Crippen LogP contribution < -0.4 is 14.4 Å². The van der Waals surface area contributed by atoms with Crippen molar-refractivity contribution in [3.05, 3.63) is 64.9 Å². The van der Waals surface area contributed by atoms with Crippen molar-refractivity contribution in [2.75, 3.05) is 19.1 Å². The minimum absolute atomic E-state index is 0.0864. The van der Waals surface area contributed by atoms with E-state index < -0.39 is 17.7 Å². The monoisotopic (exact) mass is 437 g/mol. The molecule has 1 N–H and O–H groups in total. The lowest BCUT2D eigenvalue weighted by molar-refractivity contribution is -0.118. The molecule has 0 aromatic heterocycles. The van der Waals surface area contributed by atoms with E-state index in [1.165, 1.54) is 12.0 Å². The minimum Gasteiger partial charge on any atom is -0.503 e. The van der Waals surface area contributed by atoms with Gasteiger partial charge in [-0.3, -0.25) is 14.5 Å². The second-order valence-corrected chi connectivity index (χ2v) is 8.72. The zero-order valence-corrected chi connectivity index (χ0v) is 19.5. The van der Waals surface area contributed by atoms with E-state index in [2.05, 4.69) is 13.8 Å². The second kappa shape index (κ2) is 9.47. The predicted octanol–water partition coefficient (Wildman–Crippen LogP) is 5.34. The fourth-order valence-electron chi connectivity index (χ4n) is 4.00. The van der Waals surface area contributed by atoms with Gasteiger partial charge in [-0.2, -0.15) is 0 Å². The van der Waals surface area contributed by atoms with E-state index in [-0.39, 0.29) is 23.7 Å². The molecule has 0 fully saturated rings. The molecule has 1 aliphatic heterocycles. The lowest BCUT2D eigenvalue weighted by atomic mass is 9.91.